The predicted molar refractivity (Wildman–Crippen MR) is 115 cm³/mol. The first kappa shape index (κ1) is 22.6. The van der Waals surface area contributed by atoms with Gasteiger partial charge in [0.15, 0.2) is 0 Å². The van der Waals surface area contributed by atoms with Crippen molar-refractivity contribution < 1.29 is 10.1 Å². The monoisotopic (exact) mass is 401 g/mol. The van der Waals surface area contributed by atoms with Crippen LogP contribution >= 0.6 is 0 Å². The molecule has 1 atom stereocenters. The van der Waals surface area contributed by atoms with E-state index in [1.807, 2.05) is 12.2 Å². The number of carbonyl (C=O) groups is 1. The lowest BCUT2D eigenvalue weighted by Crippen LogP contribution is -2.88. The Balaban J connectivity index is 2.31. The third-order valence-corrected chi connectivity index (χ3v) is 5.36. The minimum atomic E-state index is -0.633. The summed E-state index contributed by atoms with van der Waals surface area (Å²) in [6.45, 7) is 8.68. The number of quaternary nitrogens is 1. The molecule has 158 valence electrons. The highest BCUT2D eigenvalue weighted by Gasteiger charge is 2.25. The first-order valence-corrected chi connectivity index (χ1v) is 10.3. The van der Waals surface area contributed by atoms with Gasteiger partial charge in [-0.1, -0.05) is 52.0 Å². The van der Waals surface area contributed by atoms with E-state index < -0.39 is 11.2 Å². The Morgan fingerprint density at radius 2 is 1.76 bits per heavy atom. The quantitative estimate of drug-likeness (QED) is 0.617. The molecule has 0 amide bonds. The molecule has 2 rings (SSSR count). The molecule has 1 heterocycles. The minimum Gasteiger partial charge on any atom is -0.384 e. The Labute approximate surface area is 171 Å². The summed E-state index contributed by atoms with van der Waals surface area (Å²) in [4.78, 5) is 37.8. The van der Waals surface area contributed by atoms with Crippen LogP contribution < -0.4 is 22.3 Å². The first-order chi connectivity index (χ1) is 13.7. The molecule has 0 saturated heterocycles. The van der Waals surface area contributed by atoms with Crippen LogP contribution in [0.4, 0.5) is 5.82 Å². The average Bonchev–Trinajstić information content (AvgIpc) is 2.70. The normalized spacial score (nSPS) is 12.3. The molecule has 0 aliphatic rings. The number of hydrogen-bond acceptors (Lipinski definition) is 4. The number of nitrogen functional groups attached to an aromatic ring is 1. The molecule has 0 aliphatic heterocycles. The van der Waals surface area contributed by atoms with Gasteiger partial charge in [0.25, 0.3) is 5.56 Å². The van der Waals surface area contributed by atoms with Gasteiger partial charge < -0.3 is 11.1 Å². The fraction of sp³-hybridized carbons (Fsp3) is 0.500. The van der Waals surface area contributed by atoms with Gasteiger partial charge >= 0.3 is 5.69 Å². The molecule has 29 heavy (non-hydrogen) atoms. The highest BCUT2D eigenvalue weighted by Crippen LogP contribution is 2.18. The van der Waals surface area contributed by atoms with Crippen molar-refractivity contribution in [1.82, 2.24) is 9.13 Å². The maximum absolute atomic E-state index is 12.9. The molecular formula is C22H33N4O3+. The van der Waals surface area contributed by atoms with Gasteiger partial charge in [-0.15, -0.1) is 0 Å². The molecule has 0 radical (unpaired) electrons. The van der Waals surface area contributed by atoms with E-state index in [-0.39, 0.29) is 29.8 Å². The predicted octanol–water partition coefficient (Wildman–Crippen LogP) is 1.25. The third-order valence-electron chi connectivity index (χ3n) is 5.36. The third kappa shape index (κ3) is 4.85. The summed E-state index contributed by atoms with van der Waals surface area (Å²) in [7, 11) is 1.38. The molecule has 0 aliphatic carbocycles. The van der Waals surface area contributed by atoms with E-state index in [9.17, 15) is 14.4 Å². The van der Waals surface area contributed by atoms with Gasteiger partial charge in [0, 0.05) is 25.1 Å². The molecular weight excluding hydrogens is 368 g/mol. The highest BCUT2D eigenvalue weighted by molar-refractivity contribution is 6.00. The smallest absolute Gasteiger partial charge is 0.332 e. The maximum atomic E-state index is 12.9. The number of benzene rings is 1. The van der Waals surface area contributed by atoms with Crippen LogP contribution in [0.1, 0.15) is 61.6 Å². The Hall–Kier alpha value is -2.67. The largest absolute Gasteiger partial charge is 0.384 e. The fourth-order valence-electron chi connectivity index (χ4n) is 3.59. The molecule has 1 aromatic heterocycles. The van der Waals surface area contributed by atoms with Crippen LogP contribution in [0.5, 0.6) is 0 Å². The second-order valence-electron chi connectivity index (χ2n) is 7.79. The second kappa shape index (κ2) is 9.69. The zero-order chi connectivity index (χ0) is 21.7. The molecule has 0 spiro atoms. The van der Waals surface area contributed by atoms with Gasteiger partial charge in [-0.25, -0.2) is 4.79 Å². The SMILES string of the molecule is CCCn1c(N)c(C(=O)C[NH2+][C@@H](c2ccc(CC)cc2)C(C)C)c(=O)n(C)c1=O. The van der Waals surface area contributed by atoms with Gasteiger partial charge in [0.1, 0.15) is 24.0 Å². The number of aryl methyl sites for hydroxylation is 1. The van der Waals surface area contributed by atoms with Crippen LogP contribution in [-0.4, -0.2) is 21.5 Å². The van der Waals surface area contributed by atoms with Crippen molar-refractivity contribution in [3.8, 4) is 0 Å². The van der Waals surface area contributed by atoms with E-state index in [1.165, 1.54) is 17.2 Å². The summed E-state index contributed by atoms with van der Waals surface area (Å²) < 4.78 is 2.26. The summed E-state index contributed by atoms with van der Waals surface area (Å²) in [5, 5.41) is 1.95. The van der Waals surface area contributed by atoms with E-state index in [0.29, 0.717) is 18.9 Å². The average molecular weight is 402 g/mol. The molecule has 0 saturated carbocycles. The fourth-order valence-corrected chi connectivity index (χ4v) is 3.59. The van der Waals surface area contributed by atoms with Gasteiger partial charge in [0.2, 0.25) is 5.78 Å². The number of Topliss-reactive ketones (excluding diaryl/α,β-unsaturated/α-hetero) is 1. The van der Waals surface area contributed by atoms with Crippen molar-refractivity contribution in [2.45, 2.75) is 53.1 Å². The van der Waals surface area contributed by atoms with Crippen molar-refractivity contribution >= 4 is 11.6 Å². The Kier molecular flexibility index (Phi) is 7.56. The number of rotatable bonds is 9. The molecule has 7 nitrogen and oxygen atoms in total. The lowest BCUT2D eigenvalue weighted by Gasteiger charge is -2.20. The highest BCUT2D eigenvalue weighted by atomic mass is 16.2. The summed E-state index contributed by atoms with van der Waals surface area (Å²) >= 11 is 0. The number of carbonyl (C=O) groups excluding carboxylic acids is 1. The Bertz CT molecular complexity index is 971. The number of anilines is 1. The zero-order valence-electron chi connectivity index (χ0n) is 18.1. The lowest BCUT2D eigenvalue weighted by atomic mass is 9.94. The number of hydrogen-bond donors (Lipinski definition) is 2. The van der Waals surface area contributed by atoms with Crippen molar-refractivity contribution in [1.29, 1.82) is 0 Å². The molecule has 0 bridgehead atoms. The molecule has 2 aromatic rings. The topological polar surface area (TPSA) is 104 Å². The van der Waals surface area contributed by atoms with Crippen LogP contribution in [0.3, 0.4) is 0 Å². The van der Waals surface area contributed by atoms with Crippen LogP contribution in [0, 0.1) is 5.92 Å². The van der Waals surface area contributed by atoms with Crippen LogP contribution in [-0.2, 0) is 20.0 Å². The van der Waals surface area contributed by atoms with Gasteiger partial charge in [-0.2, -0.15) is 0 Å². The zero-order valence-corrected chi connectivity index (χ0v) is 18.1. The van der Waals surface area contributed by atoms with E-state index in [4.69, 9.17) is 5.73 Å². The number of nitrogens with two attached hydrogens (primary N) is 2. The molecule has 7 heteroatoms. The standard InChI is InChI=1S/C22H32N4O3/c1-6-12-26-20(23)18(21(28)25(5)22(26)29)17(27)13-24-19(14(3)4)16-10-8-15(7-2)9-11-16/h8-11,14,19,24H,6-7,12-13,23H2,1-5H3/p+1/t19-/m1/s1. The first-order valence-electron chi connectivity index (χ1n) is 10.3. The van der Waals surface area contributed by atoms with E-state index in [0.717, 1.165) is 16.6 Å². The molecule has 0 fully saturated rings. The number of ketones is 1. The Morgan fingerprint density at radius 1 is 1.14 bits per heavy atom. The summed E-state index contributed by atoms with van der Waals surface area (Å²) in [5.41, 5.74) is 7.25. The van der Waals surface area contributed by atoms with Crippen molar-refractivity contribution in [2.24, 2.45) is 13.0 Å². The lowest BCUT2D eigenvalue weighted by molar-refractivity contribution is -0.691. The van der Waals surface area contributed by atoms with Crippen molar-refractivity contribution in [3.63, 3.8) is 0 Å². The van der Waals surface area contributed by atoms with Crippen LogP contribution in [0.15, 0.2) is 33.9 Å². The maximum Gasteiger partial charge on any atom is 0.332 e. The number of nitrogens with zero attached hydrogens (tertiary/aromatic N) is 2. The van der Waals surface area contributed by atoms with Gasteiger partial charge in [0.05, 0.1) is 0 Å². The van der Waals surface area contributed by atoms with Crippen molar-refractivity contribution in [2.75, 3.05) is 12.3 Å². The second-order valence-corrected chi connectivity index (χ2v) is 7.79. The molecule has 0 unspecified atom stereocenters. The Morgan fingerprint density at radius 3 is 2.28 bits per heavy atom. The summed E-state index contributed by atoms with van der Waals surface area (Å²) in [5.74, 6) is -0.0972. The van der Waals surface area contributed by atoms with Crippen LogP contribution in [0.25, 0.3) is 0 Å². The minimum absolute atomic E-state index is 0.0354. The molecule has 1 aromatic carbocycles. The van der Waals surface area contributed by atoms with Crippen molar-refractivity contribution in [3.05, 3.63) is 61.8 Å². The van der Waals surface area contributed by atoms with E-state index in [1.54, 1.807) is 0 Å². The van der Waals surface area contributed by atoms with E-state index >= 15 is 0 Å². The van der Waals surface area contributed by atoms with Gasteiger partial charge in [-0.3, -0.25) is 18.7 Å². The summed E-state index contributed by atoms with van der Waals surface area (Å²) in [6.07, 6.45) is 1.65. The van der Waals surface area contributed by atoms with Crippen LogP contribution in [0.2, 0.25) is 0 Å². The van der Waals surface area contributed by atoms with Gasteiger partial charge in [-0.05, 0) is 18.4 Å². The molecule has 4 N–H and O–H groups in total. The van der Waals surface area contributed by atoms with E-state index in [2.05, 4.69) is 45.0 Å². The summed E-state index contributed by atoms with van der Waals surface area (Å²) in [6, 6.07) is 8.48. The number of aromatic nitrogens is 2.